The molecule has 2 aromatic rings. The fourth-order valence-electron chi connectivity index (χ4n) is 4.02. The van der Waals surface area contributed by atoms with E-state index in [1.54, 1.807) is 14.2 Å². The van der Waals surface area contributed by atoms with Crippen LogP contribution in [0.25, 0.3) is 0 Å². The summed E-state index contributed by atoms with van der Waals surface area (Å²) in [6.45, 7) is 3.51. The van der Waals surface area contributed by atoms with E-state index in [1.807, 2.05) is 47.4 Å². The molecule has 2 N–H and O–H groups in total. The topological polar surface area (TPSA) is 70.7 Å². The summed E-state index contributed by atoms with van der Waals surface area (Å²) >= 11 is 0. The van der Waals surface area contributed by atoms with E-state index in [9.17, 15) is 9.59 Å². The van der Waals surface area contributed by atoms with E-state index in [2.05, 4.69) is 23.6 Å². The van der Waals surface area contributed by atoms with E-state index in [0.717, 1.165) is 42.7 Å². The molecular formula is C24H31N3O3. The van der Waals surface area contributed by atoms with Gasteiger partial charge in [-0.2, -0.15) is 0 Å². The van der Waals surface area contributed by atoms with Gasteiger partial charge in [-0.1, -0.05) is 31.2 Å². The Bertz CT molecular complexity index is 866. The second-order valence-electron chi connectivity index (χ2n) is 7.67. The van der Waals surface area contributed by atoms with E-state index in [-0.39, 0.29) is 23.9 Å². The molecule has 1 aliphatic rings. The number of hydrogen-bond donors (Lipinski definition) is 2. The van der Waals surface area contributed by atoms with Gasteiger partial charge in [-0.05, 0) is 54.7 Å². The summed E-state index contributed by atoms with van der Waals surface area (Å²) in [6, 6.07) is 15.5. The molecule has 1 heterocycles. The first-order valence-electron chi connectivity index (χ1n) is 10.6. The molecule has 1 aliphatic heterocycles. The van der Waals surface area contributed by atoms with Gasteiger partial charge in [0.05, 0.1) is 13.2 Å². The SMILES string of the molecule is CC[C@@H](NC(=O)c1cccc([C@H]2CCCN(C(=O)NC)C2)c1)c1ccc(OC)cc1. The number of hydrogen-bond acceptors (Lipinski definition) is 3. The van der Waals surface area contributed by atoms with Gasteiger partial charge in [0.1, 0.15) is 5.75 Å². The first kappa shape index (κ1) is 21.7. The van der Waals surface area contributed by atoms with Crippen molar-refractivity contribution in [1.29, 1.82) is 0 Å². The van der Waals surface area contributed by atoms with E-state index >= 15 is 0 Å². The van der Waals surface area contributed by atoms with Crippen molar-refractivity contribution in [3.8, 4) is 5.75 Å². The molecular weight excluding hydrogens is 378 g/mol. The molecule has 0 unspecified atom stereocenters. The maximum absolute atomic E-state index is 13.0. The maximum atomic E-state index is 13.0. The molecule has 3 rings (SSSR count). The number of rotatable bonds is 6. The smallest absolute Gasteiger partial charge is 0.317 e. The average molecular weight is 410 g/mol. The summed E-state index contributed by atoms with van der Waals surface area (Å²) in [5.74, 6) is 0.955. The predicted molar refractivity (Wildman–Crippen MR) is 118 cm³/mol. The number of carbonyl (C=O) groups is 2. The number of nitrogens with one attached hydrogen (secondary N) is 2. The van der Waals surface area contributed by atoms with Crippen LogP contribution in [-0.2, 0) is 0 Å². The number of piperidine rings is 1. The Morgan fingerprint density at radius 3 is 2.63 bits per heavy atom. The van der Waals surface area contributed by atoms with Gasteiger partial charge >= 0.3 is 6.03 Å². The van der Waals surface area contributed by atoms with Crippen LogP contribution in [0.2, 0.25) is 0 Å². The van der Waals surface area contributed by atoms with E-state index in [4.69, 9.17) is 4.74 Å². The highest BCUT2D eigenvalue weighted by atomic mass is 16.5. The second-order valence-corrected chi connectivity index (χ2v) is 7.67. The number of nitrogens with zero attached hydrogens (tertiary/aromatic N) is 1. The molecule has 0 aliphatic carbocycles. The molecule has 160 valence electrons. The van der Waals surface area contributed by atoms with Crippen molar-refractivity contribution in [2.24, 2.45) is 0 Å². The highest BCUT2D eigenvalue weighted by Crippen LogP contribution is 2.28. The third-order valence-corrected chi connectivity index (χ3v) is 5.77. The highest BCUT2D eigenvalue weighted by Gasteiger charge is 2.25. The maximum Gasteiger partial charge on any atom is 0.317 e. The normalized spacial score (nSPS) is 17.2. The lowest BCUT2D eigenvalue weighted by atomic mass is 9.89. The Hall–Kier alpha value is -3.02. The van der Waals surface area contributed by atoms with Crippen molar-refractivity contribution >= 4 is 11.9 Å². The fraction of sp³-hybridized carbons (Fsp3) is 0.417. The van der Waals surface area contributed by atoms with Crippen LogP contribution in [-0.4, -0.2) is 44.1 Å². The lowest BCUT2D eigenvalue weighted by Gasteiger charge is -2.32. The summed E-state index contributed by atoms with van der Waals surface area (Å²) in [7, 11) is 3.30. The van der Waals surface area contributed by atoms with Crippen LogP contribution in [0.15, 0.2) is 48.5 Å². The Kier molecular flexibility index (Phi) is 7.33. The molecule has 1 fully saturated rings. The van der Waals surface area contributed by atoms with Crippen molar-refractivity contribution in [1.82, 2.24) is 15.5 Å². The van der Waals surface area contributed by atoms with Crippen LogP contribution in [0, 0.1) is 0 Å². The van der Waals surface area contributed by atoms with Crippen LogP contribution in [0.3, 0.4) is 0 Å². The lowest BCUT2D eigenvalue weighted by molar-refractivity contribution is 0.0935. The summed E-state index contributed by atoms with van der Waals surface area (Å²) in [5.41, 5.74) is 2.81. The highest BCUT2D eigenvalue weighted by molar-refractivity contribution is 5.94. The molecule has 30 heavy (non-hydrogen) atoms. The Morgan fingerprint density at radius 1 is 1.20 bits per heavy atom. The number of methoxy groups -OCH3 is 1. The zero-order valence-electron chi connectivity index (χ0n) is 18.0. The lowest BCUT2D eigenvalue weighted by Crippen LogP contribution is -2.43. The zero-order valence-corrected chi connectivity index (χ0v) is 18.0. The molecule has 0 saturated carbocycles. The Labute approximate surface area is 178 Å². The standard InChI is InChI=1S/C24H31N3O3/c1-4-22(17-10-12-21(30-3)13-11-17)26-23(28)19-8-5-7-18(15-19)20-9-6-14-27(16-20)24(29)25-2/h5,7-8,10-13,15,20,22H,4,6,9,14,16H2,1-3H3,(H,25,29)(H,26,28)/t20-,22+/m0/s1. The van der Waals surface area contributed by atoms with Crippen molar-refractivity contribution in [2.75, 3.05) is 27.2 Å². The summed E-state index contributed by atoms with van der Waals surface area (Å²) in [5, 5.41) is 5.85. The molecule has 0 spiro atoms. The second kappa shape index (κ2) is 10.1. The van der Waals surface area contributed by atoms with Crippen LogP contribution >= 0.6 is 0 Å². The molecule has 2 atom stereocenters. The number of likely N-dealkylation sites (tertiary alicyclic amines) is 1. The molecule has 1 saturated heterocycles. The summed E-state index contributed by atoms with van der Waals surface area (Å²) in [6.07, 6.45) is 2.77. The largest absolute Gasteiger partial charge is 0.497 e. The zero-order chi connectivity index (χ0) is 21.5. The average Bonchev–Trinajstić information content (AvgIpc) is 2.82. The minimum atomic E-state index is -0.0847. The molecule has 0 bridgehead atoms. The van der Waals surface area contributed by atoms with Crippen molar-refractivity contribution < 1.29 is 14.3 Å². The number of ether oxygens (including phenoxy) is 1. The van der Waals surface area contributed by atoms with Crippen LogP contribution in [0.4, 0.5) is 4.79 Å². The van der Waals surface area contributed by atoms with Gasteiger partial charge < -0.3 is 20.3 Å². The van der Waals surface area contributed by atoms with Gasteiger partial charge in [0.15, 0.2) is 0 Å². The van der Waals surface area contributed by atoms with E-state index in [1.165, 1.54) is 0 Å². The van der Waals surface area contributed by atoms with Gasteiger partial charge in [-0.25, -0.2) is 4.79 Å². The number of amides is 3. The molecule has 6 nitrogen and oxygen atoms in total. The fourth-order valence-corrected chi connectivity index (χ4v) is 4.02. The molecule has 2 aromatic carbocycles. The van der Waals surface area contributed by atoms with Gasteiger partial charge in [-0.15, -0.1) is 0 Å². The van der Waals surface area contributed by atoms with Crippen molar-refractivity contribution in [3.05, 3.63) is 65.2 Å². The van der Waals surface area contributed by atoms with Gasteiger partial charge in [0.2, 0.25) is 0 Å². The number of carbonyl (C=O) groups excluding carboxylic acids is 2. The first-order chi connectivity index (χ1) is 14.5. The summed E-state index contributed by atoms with van der Waals surface area (Å²) < 4.78 is 5.22. The van der Waals surface area contributed by atoms with Crippen LogP contribution in [0.1, 0.15) is 59.6 Å². The summed E-state index contributed by atoms with van der Waals surface area (Å²) in [4.78, 5) is 26.8. The molecule has 3 amide bonds. The van der Waals surface area contributed by atoms with Gasteiger partial charge in [-0.3, -0.25) is 4.79 Å². The Morgan fingerprint density at radius 2 is 1.97 bits per heavy atom. The minimum absolute atomic E-state index is 0.0427. The Balaban J connectivity index is 1.71. The number of urea groups is 1. The molecule has 0 radical (unpaired) electrons. The van der Waals surface area contributed by atoms with Crippen molar-refractivity contribution in [2.45, 2.75) is 38.1 Å². The first-order valence-corrected chi connectivity index (χ1v) is 10.6. The van der Waals surface area contributed by atoms with E-state index in [0.29, 0.717) is 12.1 Å². The van der Waals surface area contributed by atoms with Crippen molar-refractivity contribution in [3.63, 3.8) is 0 Å². The molecule has 0 aromatic heterocycles. The van der Waals surface area contributed by atoms with E-state index < -0.39 is 0 Å². The molecule has 6 heteroatoms. The monoisotopic (exact) mass is 409 g/mol. The minimum Gasteiger partial charge on any atom is -0.497 e. The predicted octanol–water partition coefficient (Wildman–Crippen LogP) is 4.10. The van der Waals surface area contributed by atoms with Gasteiger partial charge in [0.25, 0.3) is 5.91 Å². The van der Waals surface area contributed by atoms with Gasteiger partial charge in [0, 0.05) is 31.6 Å². The van der Waals surface area contributed by atoms with Crippen LogP contribution in [0.5, 0.6) is 5.75 Å². The third kappa shape index (κ3) is 5.12. The van der Waals surface area contributed by atoms with Crippen LogP contribution < -0.4 is 15.4 Å². The quantitative estimate of drug-likeness (QED) is 0.755. The third-order valence-electron chi connectivity index (χ3n) is 5.77. The number of benzene rings is 2.